The van der Waals surface area contributed by atoms with Crippen molar-refractivity contribution < 1.29 is 9.59 Å². The first-order valence-corrected chi connectivity index (χ1v) is 6.76. The Kier molecular flexibility index (Phi) is 4.28. The lowest BCUT2D eigenvalue weighted by atomic mass is 10.2. The molecule has 21 heavy (non-hydrogen) atoms. The molecule has 2 aromatic rings. The second kappa shape index (κ2) is 5.97. The third-order valence-electron chi connectivity index (χ3n) is 3.01. The van der Waals surface area contributed by atoms with Crippen LogP contribution in [0, 0.1) is 6.92 Å². The highest BCUT2D eigenvalue weighted by molar-refractivity contribution is 6.30. The number of halogens is 1. The van der Waals surface area contributed by atoms with E-state index in [2.05, 4.69) is 10.4 Å². The first-order valence-electron chi connectivity index (χ1n) is 6.38. The number of nitrogens with two attached hydrogens (primary N) is 1. The molecule has 0 bridgehead atoms. The number of rotatable bonds is 4. The van der Waals surface area contributed by atoms with E-state index in [1.807, 2.05) is 6.92 Å². The Bertz CT molecular complexity index is 692. The van der Waals surface area contributed by atoms with Crippen molar-refractivity contribution in [2.75, 3.05) is 5.32 Å². The van der Waals surface area contributed by atoms with E-state index in [1.54, 1.807) is 31.2 Å². The molecule has 0 spiro atoms. The Hall–Kier alpha value is -2.34. The monoisotopic (exact) mass is 306 g/mol. The number of nitrogens with zero attached hydrogens (tertiary/aromatic N) is 2. The zero-order valence-electron chi connectivity index (χ0n) is 11.7. The average Bonchev–Trinajstić information content (AvgIpc) is 2.76. The van der Waals surface area contributed by atoms with Crippen LogP contribution in [0.15, 0.2) is 24.3 Å². The number of nitrogens with one attached hydrogen (secondary N) is 1. The van der Waals surface area contributed by atoms with E-state index in [4.69, 9.17) is 17.3 Å². The summed E-state index contributed by atoms with van der Waals surface area (Å²) in [6.45, 7) is 4.02. The van der Waals surface area contributed by atoms with Gasteiger partial charge in [0, 0.05) is 17.1 Å². The van der Waals surface area contributed by atoms with E-state index in [0.717, 1.165) is 0 Å². The number of primary amides is 1. The van der Waals surface area contributed by atoms with E-state index < -0.39 is 5.91 Å². The number of aryl methyl sites for hydroxylation is 2. The maximum atomic E-state index is 12.2. The first-order chi connectivity index (χ1) is 9.93. The normalized spacial score (nSPS) is 10.4. The maximum Gasteiger partial charge on any atom is 0.269 e. The Morgan fingerprint density at radius 2 is 1.95 bits per heavy atom. The fourth-order valence-corrected chi connectivity index (χ4v) is 2.12. The standard InChI is InChI=1S/C14H15ClN4O2/c1-3-19-12(13(16)20)11(8(2)18-19)17-14(21)9-4-6-10(15)7-5-9/h4-7H,3H2,1-2H3,(H2,16,20)(H,17,21). The molecule has 0 aliphatic heterocycles. The van der Waals surface area contributed by atoms with Gasteiger partial charge in [-0.15, -0.1) is 0 Å². The summed E-state index contributed by atoms with van der Waals surface area (Å²) < 4.78 is 1.47. The molecule has 0 saturated carbocycles. The van der Waals surface area contributed by atoms with E-state index >= 15 is 0 Å². The van der Waals surface area contributed by atoms with Crippen LogP contribution >= 0.6 is 11.6 Å². The van der Waals surface area contributed by atoms with E-state index in [-0.39, 0.29) is 11.6 Å². The van der Waals surface area contributed by atoms with E-state index in [9.17, 15) is 9.59 Å². The molecule has 0 fully saturated rings. The Morgan fingerprint density at radius 3 is 2.48 bits per heavy atom. The second-order valence-electron chi connectivity index (χ2n) is 4.45. The highest BCUT2D eigenvalue weighted by atomic mass is 35.5. The van der Waals surface area contributed by atoms with Crippen molar-refractivity contribution in [2.24, 2.45) is 5.73 Å². The molecule has 0 saturated heterocycles. The van der Waals surface area contributed by atoms with Crippen LogP contribution in [0.1, 0.15) is 33.5 Å². The van der Waals surface area contributed by atoms with Gasteiger partial charge in [-0.05, 0) is 38.1 Å². The van der Waals surface area contributed by atoms with Gasteiger partial charge in [-0.25, -0.2) is 0 Å². The van der Waals surface area contributed by atoms with Crippen LogP contribution in [0.2, 0.25) is 5.02 Å². The number of hydrogen-bond donors (Lipinski definition) is 2. The van der Waals surface area contributed by atoms with Gasteiger partial charge in [0.2, 0.25) is 0 Å². The molecule has 0 aliphatic carbocycles. The molecule has 7 heteroatoms. The minimum absolute atomic E-state index is 0.192. The van der Waals surface area contributed by atoms with Gasteiger partial charge in [0.05, 0.1) is 11.4 Å². The van der Waals surface area contributed by atoms with Gasteiger partial charge in [-0.2, -0.15) is 5.10 Å². The maximum absolute atomic E-state index is 12.2. The molecule has 2 rings (SSSR count). The Labute approximate surface area is 126 Å². The van der Waals surface area contributed by atoms with Gasteiger partial charge in [0.25, 0.3) is 11.8 Å². The van der Waals surface area contributed by atoms with Crippen LogP contribution < -0.4 is 11.1 Å². The number of anilines is 1. The van der Waals surface area contributed by atoms with Gasteiger partial charge in [0.1, 0.15) is 5.69 Å². The molecule has 1 aromatic heterocycles. The predicted molar refractivity (Wildman–Crippen MR) is 80.6 cm³/mol. The quantitative estimate of drug-likeness (QED) is 0.907. The van der Waals surface area contributed by atoms with Crippen LogP contribution in [-0.2, 0) is 6.54 Å². The topological polar surface area (TPSA) is 90.0 Å². The fourth-order valence-electron chi connectivity index (χ4n) is 2.00. The molecule has 3 N–H and O–H groups in total. The van der Waals surface area contributed by atoms with E-state index in [0.29, 0.717) is 28.5 Å². The van der Waals surface area contributed by atoms with Gasteiger partial charge in [-0.1, -0.05) is 11.6 Å². The largest absolute Gasteiger partial charge is 0.364 e. The molecule has 1 heterocycles. The molecular formula is C14H15ClN4O2. The molecule has 1 aromatic carbocycles. The molecule has 6 nitrogen and oxygen atoms in total. The Balaban J connectivity index is 2.35. The molecule has 0 unspecified atom stereocenters. The third-order valence-corrected chi connectivity index (χ3v) is 3.26. The van der Waals surface area contributed by atoms with Gasteiger partial charge in [0.15, 0.2) is 0 Å². The van der Waals surface area contributed by atoms with Crippen LogP contribution in [0.4, 0.5) is 5.69 Å². The number of benzene rings is 1. The van der Waals surface area contributed by atoms with Crippen molar-refractivity contribution in [1.82, 2.24) is 9.78 Å². The lowest BCUT2D eigenvalue weighted by molar-refractivity contribution is 0.0991. The fraction of sp³-hybridized carbons (Fsp3) is 0.214. The summed E-state index contributed by atoms with van der Waals surface area (Å²) in [5.41, 5.74) is 6.86. The highest BCUT2D eigenvalue weighted by Gasteiger charge is 2.21. The number of aromatic nitrogens is 2. The molecule has 2 amide bonds. The van der Waals surface area contributed by atoms with Crippen LogP contribution in [0.5, 0.6) is 0 Å². The minimum atomic E-state index is -0.635. The number of carbonyl (C=O) groups is 2. The average molecular weight is 307 g/mol. The first kappa shape index (κ1) is 15.1. The van der Waals surface area contributed by atoms with E-state index in [1.165, 1.54) is 4.68 Å². The van der Waals surface area contributed by atoms with Crippen molar-refractivity contribution in [2.45, 2.75) is 20.4 Å². The zero-order valence-corrected chi connectivity index (χ0v) is 12.4. The molecule has 0 aliphatic rings. The van der Waals surface area contributed by atoms with Gasteiger partial charge in [-0.3, -0.25) is 14.3 Å². The summed E-state index contributed by atoms with van der Waals surface area (Å²) in [6.07, 6.45) is 0. The predicted octanol–water partition coefficient (Wildman–Crippen LogP) is 2.22. The van der Waals surface area contributed by atoms with Gasteiger partial charge >= 0.3 is 0 Å². The minimum Gasteiger partial charge on any atom is -0.364 e. The number of hydrogen-bond acceptors (Lipinski definition) is 3. The highest BCUT2D eigenvalue weighted by Crippen LogP contribution is 2.21. The van der Waals surface area contributed by atoms with Crippen molar-refractivity contribution in [1.29, 1.82) is 0 Å². The number of amides is 2. The van der Waals surface area contributed by atoms with Crippen molar-refractivity contribution >= 4 is 29.1 Å². The van der Waals surface area contributed by atoms with Crippen LogP contribution in [-0.4, -0.2) is 21.6 Å². The molecular weight excluding hydrogens is 292 g/mol. The van der Waals surface area contributed by atoms with Crippen molar-refractivity contribution in [3.05, 3.63) is 46.2 Å². The summed E-state index contributed by atoms with van der Waals surface area (Å²) in [7, 11) is 0. The number of carbonyl (C=O) groups excluding carboxylic acids is 2. The summed E-state index contributed by atoms with van der Waals surface area (Å²) in [5.74, 6) is -0.989. The lowest BCUT2D eigenvalue weighted by Crippen LogP contribution is -2.21. The van der Waals surface area contributed by atoms with Crippen molar-refractivity contribution in [3.8, 4) is 0 Å². The summed E-state index contributed by atoms with van der Waals surface area (Å²) in [5, 5.41) is 7.42. The molecule has 0 radical (unpaired) electrons. The van der Waals surface area contributed by atoms with Crippen molar-refractivity contribution in [3.63, 3.8) is 0 Å². The summed E-state index contributed by atoms with van der Waals surface area (Å²) >= 11 is 5.78. The molecule has 110 valence electrons. The van der Waals surface area contributed by atoms with Gasteiger partial charge < -0.3 is 11.1 Å². The SMILES string of the molecule is CCn1nc(C)c(NC(=O)c2ccc(Cl)cc2)c1C(N)=O. The molecule has 0 atom stereocenters. The smallest absolute Gasteiger partial charge is 0.269 e. The Morgan fingerprint density at radius 1 is 1.33 bits per heavy atom. The third kappa shape index (κ3) is 3.05. The lowest BCUT2D eigenvalue weighted by Gasteiger charge is -2.07. The second-order valence-corrected chi connectivity index (χ2v) is 4.89. The summed E-state index contributed by atoms with van der Waals surface area (Å²) in [6, 6.07) is 6.43. The van der Waals surface area contributed by atoms with Crippen LogP contribution in [0.3, 0.4) is 0 Å². The van der Waals surface area contributed by atoms with Crippen LogP contribution in [0.25, 0.3) is 0 Å². The zero-order chi connectivity index (χ0) is 15.6. The summed E-state index contributed by atoms with van der Waals surface area (Å²) in [4.78, 5) is 23.8.